The van der Waals surface area contributed by atoms with Crippen molar-refractivity contribution < 1.29 is 32.2 Å². The van der Waals surface area contributed by atoms with Crippen LogP contribution in [0.15, 0.2) is 36.4 Å². The summed E-state index contributed by atoms with van der Waals surface area (Å²) in [4.78, 5) is 14.0. The third kappa shape index (κ3) is 4.16. The standard InChI is InChI=1S/C21H23F3N2O4/c1-28-17-9-8-13(18(29-2)19(17)30-3)12-25-15-10-11-26(20(15)27)16-7-5-4-6-14(16)21(22,23)24/h4-9,15,25H,10-12H2,1-3H3/t15-/m1/s1. The fourth-order valence-electron chi connectivity index (χ4n) is 3.59. The molecule has 1 aliphatic rings. The summed E-state index contributed by atoms with van der Waals surface area (Å²) in [5.74, 6) is 1.00. The molecule has 0 aromatic heterocycles. The van der Waals surface area contributed by atoms with Gasteiger partial charge in [-0.15, -0.1) is 0 Å². The molecule has 0 aliphatic carbocycles. The fourth-order valence-corrected chi connectivity index (χ4v) is 3.59. The monoisotopic (exact) mass is 424 g/mol. The molecule has 1 atom stereocenters. The largest absolute Gasteiger partial charge is 0.493 e. The molecule has 0 radical (unpaired) electrons. The van der Waals surface area contributed by atoms with Crippen LogP contribution in [-0.2, 0) is 17.5 Å². The van der Waals surface area contributed by atoms with Crippen molar-refractivity contribution in [3.8, 4) is 17.2 Å². The van der Waals surface area contributed by atoms with Gasteiger partial charge in [0.15, 0.2) is 11.5 Å². The maximum atomic E-state index is 13.3. The Balaban J connectivity index is 1.77. The Kier molecular flexibility index (Phi) is 6.40. The van der Waals surface area contributed by atoms with E-state index in [1.165, 1.54) is 44.4 Å². The molecule has 9 heteroatoms. The van der Waals surface area contributed by atoms with Crippen LogP contribution in [0.1, 0.15) is 17.5 Å². The summed E-state index contributed by atoms with van der Waals surface area (Å²) < 4.78 is 56.0. The smallest absolute Gasteiger partial charge is 0.418 e. The van der Waals surface area contributed by atoms with Crippen molar-refractivity contribution in [1.29, 1.82) is 0 Å². The average molecular weight is 424 g/mol. The van der Waals surface area contributed by atoms with Crippen molar-refractivity contribution in [2.45, 2.75) is 25.2 Å². The molecule has 1 saturated heterocycles. The first-order valence-electron chi connectivity index (χ1n) is 9.30. The lowest BCUT2D eigenvalue weighted by molar-refractivity contribution is -0.137. The zero-order chi connectivity index (χ0) is 21.9. The second kappa shape index (κ2) is 8.83. The van der Waals surface area contributed by atoms with Gasteiger partial charge in [0.1, 0.15) is 0 Å². The van der Waals surface area contributed by atoms with Gasteiger partial charge in [-0.3, -0.25) is 4.79 Å². The Morgan fingerprint density at radius 3 is 2.37 bits per heavy atom. The predicted molar refractivity (Wildman–Crippen MR) is 105 cm³/mol. The van der Waals surface area contributed by atoms with Gasteiger partial charge in [0.2, 0.25) is 11.7 Å². The van der Waals surface area contributed by atoms with Crippen LogP contribution in [0.4, 0.5) is 18.9 Å². The highest BCUT2D eigenvalue weighted by molar-refractivity contribution is 6.00. The summed E-state index contributed by atoms with van der Waals surface area (Å²) in [6.07, 6.45) is -4.14. The van der Waals surface area contributed by atoms with Crippen molar-refractivity contribution in [1.82, 2.24) is 5.32 Å². The highest BCUT2D eigenvalue weighted by atomic mass is 19.4. The van der Waals surface area contributed by atoms with E-state index in [1.54, 1.807) is 12.1 Å². The van der Waals surface area contributed by atoms with E-state index in [2.05, 4.69) is 5.32 Å². The Morgan fingerprint density at radius 2 is 1.73 bits per heavy atom. The van der Waals surface area contributed by atoms with Crippen LogP contribution < -0.4 is 24.4 Å². The molecule has 1 fully saturated rings. The van der Waals surface area contributed by atoms with Crippen LogP contribution in [0.25, 0.3) is 0 Å². The summed E-state index contributed by atoms with van der Waals surface area (Å²) in [5.41, 5.74) is -0.208. The van der Waals surface area contributed by atoms with Crippen molar-refractivity contribution in [2.24, 2.45) is 0 Å². The topological polar surface area (TPSA) is 60.0 Å². The molecule has 2 aromatic rings. The van der Waals surface area contributed by atoms with Crippen LogP contribution >= 0.6 is 0 Å². The van der Waals surface area contributed by atoms with Gasteiger partial charge in [-0.05, 0) is 24.6 Å². The molecular formula is C21H23F3N2O4. The van der Waals surface area contributed by atoms with Gasteiger partial charge < -0.3 is 24.4 Å². The Labute approximate surface area is 172 Å². The molecule has 1 N–H and O–H groups in total. The number of halogens is 3. The minimum Gasteiger partial charge on any atom is -0.493 e. The number of benzene rings is 2. The zero-order valence-electron chi connectivity index (χ0n) is 16.9. The van der Waals surface area contributed by atoms with Crippen molar-refractivity contribution in [3.63, 3.8) is 0 Å². The number of nitrogens with zero attached hydrogens (tertiary/aromatic N) is 1. The maximum Gasteiger partial charge on any atom is 0.418 e. The molecule has 1 amide bonds. The highest BCUT2D eigenvalue weighted by Crippen LogP contribution is 2.40. The Bertz CT molecular complexity index is 918. The van der Waals surface area contributed by atoms with Gasteiger partial charge in [0.05, 0.1) is 38.6 Å². The number of ether oxygens (including phenoxy) is 3. The molecule has 2 aromatic carbocycles. The normalized spacial score (nSPS) is 16.7. The van der Waals surface area contributed by atoms with Gasteiger partial charge in [0.25, 0.3) is 0 Å². The van der Waals surface area contributed by atoms with Gasteiger partial charge in [0, 0.05) is 18.7 Å². The minimum absolute atomic E-state index is 0.122. The lowest BCUT2D eigenvalue weighted by atomic mass is 10.1. The molecule has 0 bridgehead atoms. The van der Waals surface area contributed by atoms with E-state index >= 15 is 0 Å². The molecular weight excluding hydrogens is 401 g/mol. The van der Waals surface area contributed by atoms with Crippen molar-refractivity contribution in [2.75, 3.05) is 32.8 Å². The van der Waals surface area contributed by atoms with E-state index in [4.69, 9.17) is 14.2 Å². The summed E-state index contributed by atoms with van der Waals surface area (Å²) in [6.45, 7) is 0.474. The number of carbonyl (C=O) groups excluding carboxylic acids is 1. The molecule has 6 nitrogen and oxygen atoms in total. The van der Waals surface area contributed by atoms with E-state index in [9.17, 15) is 18.0 Å². The maximum absolute atomic E-state index is 13.3. The lowest BCUT2D eigenvalue weighted by Crippen LogP contribution is -2.38. The van der Waals surface area contributed by atoms with Crippen LogP contribution in [0, 0.1) is 0 Å². The van der Waals surface area contributed by atoms with Crippen LogP contribution in [0.2, 0.25) is 0 Å². The Morgan fingerprint density at radius 1 is 1.03 bits per heavy atom. The summed E-state index contributed by atoms with van der Waals surface area (Å²) in [5, 5.41) is 3.12. The van der Waals surface area contributed by atoms with Gasteiger partial charge in [-0.1, -0.05) is 18.2 Å². The quantitative estimate of drug-likeness (QED) is 0.736. The third-order valence-electron chi connectivity index (χ3n) is 5.03. The summed E-state index contributed by atoms with van der Waals surface area (Å²) in [6, 6.07) is 8.01. The van der Waals surface area contributed by atoms with E-state index in [0.717, 1.165) is 11.6 Å². The molecule has 0 unspecified atom stereocenters. The highest BCUT2D eigenvalue weighted by Gasteiger charge is 2.39. The molecule has 0 spiro atoms. The van der Waals surface area contributed by atoms with Gasteiger partial charge >= 0.3 is 6.18 Å². The number of hydrogen-bond donors (Lipinski definition) is 1. The second-order valence-corrected chi connectivity index (χ2v) is 6.72. The SMILES string of the molecule is COc1ccc(CN[C@@H]2CCN(c3ccccc3C(F)(F)F)C2=O)c(OC)c1OC. The van der Waals surface area contributed by atoms with E-state index in [0.29, 0.717) is 23.7 Å². The molecule has 3 rings (SSSR count). The first-order valence-corrected chi connectivity index (χ1v) is 9.30. The average Bonchev–Trinajstić information content (AvgIpc) is 3.10. The fraction of sp³-hybridized carbons (Fsp3) is 0.381. The number of carbonyl (C=O) groups is 1. The van der Waals surface area contributed by atoms with E-state index in [1.807, 2.05) is 0 Å². The summed E-state index contributed by atoms with van der Waals surface area (Å²) in [7, 11) is 4.51. The van der Waals surface area contributed by atoms with Crippen molar-refractivity contribution in [3.05, 3.63) is 47.5 Å². The number of para-hydroxylation sites is 1. The van der Waals surface area contributed by atoms with Gasteiger partial charge in [-0.25, -0.2) is 0 Å². The van der Waals surface area contributed by atoms with Crippen molar-refractivity contribution >= 4 is 11.6 Å². The predicted octanol–water partition coefficient (Wildman–Crippen LogP) is 3.63. The molecule has 0 saturated carbocycles. The molecule has 1 heterocycles. The van der Waals surface area contributed by atoms with Gasteiger partial charge in [-0.2, -0.15) is 13.2 Å². The second-order valence-electron chi connectivity index (χ2n) is 6.72. The first kappa shape index (κ1) is 21.8. The summed E-state index contributed by atoms with van der Waals surface area (Å²) >= 11 is 0. The van der Waals surface area contributed by atoms with Crippen LogP contribution in [-0.4, -0.2) is 39.8 Å². The number of alkyl halides is 3. The number of amides is 1. The third-order valence-corrected chi connectivity index (χ3v) is 5.03. The molecule has 30 heavy (non-hydrogen) atoms. The number of methoxy groups -OCH3 is 3. The first-order chi connectivity index (χ1) is 14.3. The Hall–Kier alpha value is -2.94. The number of nitrogens with one attached hydrogen (secondary N) is 1. The minimum atomic E-state index is -4.53. The van der Waals surface area contributed by atoms with E-state index < -0.39 is 23.7 Å². The molecule has 1 aliphatic heterocycles. The van der Waals surface area contributed by atoms with Crippen LogP contribution in [0.5, 0.6) is 17.2 Å². The zero-order valence-corrected chi connectivity index (χ0v) is 16.9. The molecule has 162 valence electrons. The number of rotatable bonds is 7. The number of hydrogen-bond acceptors (Lipinski definition) is 5. The number of anilines is 1. The van der Waals surface area contributed by atoms with E-state index in [-0.39, 0.29) is 18.8 Å². The van der Waals surface area contributed by atoms with Crippen LogP contribution in [0.3, 0.4) is 0 Å². The lowest BCUT2D eigenvalue weighted by Gasteiger charge is -2.22.